The van der Waals surface area contributed by atoms with Crippen molar-refractivity contribution in [3.8, 4) is 40.7 Å². The number of aliphatic hydroxyl groups is 2. The number of Topliss-reactive ketones (excluding diaryl/α,β-unsaturated/α-hetero) is 3. The van der Waals surface area contributed by atoms with E-state index in [-0.39, 0.29) is 67.6 Å². The van der Waals surface area contributed by atoms with Gasteiger partial charge in [0.05, 0.1) is 36.2 Å². The summed E-state index contributed by atoms with van der Waals surface area (Å²) < 4.78 is 37.7. The zero-order valence-electron chi connectivity index (χ0n) is 51.1. The Morgan fingerprint density at radius 3 is 2.33 bits per heavy atom. The van der Waals surface area contributed by atoms with Crippen molar-refractivity contribution in [1.82, 2.24) is 29.9 Å². The number of allylic oxidation sites excluding steroid dienone is 6. The molecule has 1 aliphatic carbocycles. The molecular weight excluding hydrogens is 1080 g/mol. The number of aromatic nitrogens is 5. The van der Waals surface area contributed by atoms with Gasteiger partial charge in [0.1, 0.15) is 30.1 Å². The number of carbonyl (C=O) groups excluding carboxylic acids is 5. The van der Waals surface area contributed by atoms with Crippen LogP contribution in [-0.4, -0.2) is 152 Å². The third-order valence-corrected chi connectivity index (χ3v) is 17.8. The molecule has 3 aliphatic heterocycles. The molecule has 1 aromatic carbocycles. The Balaban J connectivity index is 1.14. The minimum atomic E-state index is -2.46. The van der Waals surface area contributed by atoms with Gasteiger partial charge in [-0.3, -0.25) is 19.2 Å². The molecule has 85 heavy (non-hydrogen) atoms. The van der Waals surface area contributed by atoms with Crippen molar-refractivity contribution in [1.29, 1.82) is 0 Å². The summed E-state index contributed by atoms with van der Waals surface area (Å²) in [5.41, 5.74) is 4.58. The first-order chi connectivity index (χ1) is 40.7. The summed E-state index contributed by atoms with van der Waals surface area (Å²) >= 11 is 0. The van der Waals surface area contributed by atoms with Gasteiger partial charge < -0.3 is 43.5 Å². The number of fused-ring (bicyclic) bond motifs is 3. The maximum atomic E-state index is 14.8. The Morgan fingerprint density at radius 2 is 1.61 bits per heavy atom. The summed E-state index contributed by atoms with van der Waals surface area (Å²) in [6, 6.07) is 6.75. The number of piperidine rings is 1. The van der Waals surface area contributed by atoms with Crippen molar-refractivity contribution in [2.75, 3.05) is 34.5 Å². The van der Waals surface area contributed by atoms with Crippen molar-refractivity contribution in [3.63, 3.8) is 0 Å². The van der Waals surface area contributed by atoms with E-state index in [4.69, 9.17) is 34.8 Å². The first-order valence-electron chi connectivity index (χ1n) is 30.1. The average molecular weight is 1170 g/mol. The van der Waals surface area contributed by atoms with Gasteiger partial charge in [0.25, 0.3) is 11.7 Å². The first kappa shape index (κ1) is 66.0. The molecule has 19 heteroatoms. The van der Waals surface area contributed by atoms with E-state index in [9.17, 15) is 34.2 Å². The van der Waals surface area contributed by atoms with Gasteiger partial charge in [-0.15, -0.1) is 11.5 Å². The summed E-state index contributed by atoms with van der Waals surface area (Å²) in [4.78, 5) is 82.0. The highest BCUT2D eigenvalue weighted by Gasteiger charge is 2.53. The van der Waals surface area contributed by atoms with Crippen LogP contribution in [0.3, 0.4) is 0 Å². The molecule has 460 valence electrons. The number of hydrogen-bond acceptors (Lipinski definition) is 17. The van der Waals surface area contributed by atoms with Crippen molar-refractivity contribution in [3.05, 3.63) is 90.5 Å². The maximum absolute atomic E-state index is 14.8. The molecule has 7 rings (SSSR count). The highest BCUT2D eigenvalue weighted by atomic mass is 16.6. The SMILES string of the molecule is C#CCOc1ncc(-c2cccc(-c3cnnn3[C@H]3CC[C@@H](C[C@@H](C)[C@@H]4CC(=O)[C@H](C)/C=C(\C)[C@@H](O)[C@@H](OC)C(=O)[C@H](C)C[C@H](C)/C=C/C=C/C=C(\C)[C@@H](OC)C[C@@H]5CC[C@@H](C)[C@@](O)(O5)C(=O)C(=O)N5CCCC[C@H]5C(=O)O4)C[C@H]3OC)c2)cn1. The third-order valence-electron chi connectivity index (χ3n) is 17.8. The molecule has 2 bridgehead atoms. The topological polar surface area (TPSA) is 241 Å². The zero-order valence-corrected chi connectivity index (χ0v) is 51.1. The molecule has 3 fully saturated rings. The van der Waals surface area contributed by atoms with E-state index < -0.39 is 83.7 Å². The number of nitrogens with zero attached hydrogens (tertiary/aromatic N) is 6. The van der Waals surface area contributed by atoms with Crippen LogP contribution >= 0.6 is 0 Å². The van der Waals surface area contributed by atoms with Crippen LogP contribution in [-0.2, 0) is 47.7 Å². The Kier molecular flexibility index (Phi) is 23.8. The van der Waals surface area contributed by atoms with E-state index in [1.165, 1.54) is 12.0 Å². The number of cyclic esters (lactones) is 1. The van der Waals surface area contributed by atoms with Crippen LogP contribution in [0.15, 0.2) is 90.5 Å². The van der Waals surface area contributed by atoms with Crippen LogP contribution in [0.1, 0.15) is 132 Å². The molecule has 0 radical (unpaired) electrons. The van der Waals surface area contributed by atoms with E-state index in [0.717, 1.165) is 34.4 Å². The van der Waals surface area contributed by atoms with Crippen LogP contribution < -0.4 is 4.74 Å². The number of methoxy groups -OCH3 is 3. The molecule has 2 N–H and O–H groups in total. The number of benzene rings is 1. The molecule has 5 heterocycles. The molecule has 2 aromatic heterocycles. The highest BCUT2D eigenvalue weighted by molar-refractivity contribution is 6.39. The number of rotatable bonds is 11. The highest BCUT2D eigenvalue weighted by Crippen LogP contribution is 2.41. The normalized spacial score (nSPS) is 33.5. The minimum Gasteiger partial charge on any atom is -0.460 e. The van der Waals surface area contributed by atoms with Crippen LogP contribution in [0.4, 0.5) is 0 Å². The molecule has 2 saturated heterocycles. The number of ether oxygens (including phenoxy) is 6. The standard InChI is InChI=1S/C66H88N6O13/c1-12-29-83-65-67-37-50(38-68-65)48-21-18-22-49(34-48)54-39-69-70-72(54)52-27-25-47(33-58(52)81-10)32-43(5)57-36-55(73)42(4)31-45(7)60(75)61(82-11)59(74)44(6)30-40(2)19-14-13-15-20-41(3)56(80-9)35-51-26-24-46(8)66(79,85-51)62(76)63(77)71-28-17-16-23-53(71)64(78)84-57/h1,13-15,18-22,31,34,37-40,42-44,46-47,51-53,56-58,60-61,75,79H,16-17,23-30,32-33,35-36H2,2-11H3/b15-13+,19-14+,41-20+,45-31+/t40-,42-,43-,44-,46-,47+,51+,52+,53+,56+,57+,58-,60-,61+,66-/m1/s1. The van der Waals surface area contributed by atoms with Crippen molar-refractivity contribution in [2.45, 2.75) is 180 Å². The lowest BCUT2D eigenvalue weighted by Gasteiger charge is -2.42. The summed E-state index contributed by atoms with van der Waals surface area (Å²) in [6.07, 6.45) is 22.1. The van der Waals surface area contributed by atoms with Crippen molar-refractivity contribution in [2.24, 2.45) is 35.5 Å². The summed E-state index contributed by atoms with van der Waals surface area (Å²) in [5.74, 6) is -5.87. The fourth-order valence-corrected chi connectivity index (χ4v) is 12.6. The van der Waals surface area contributed by atoms with Gasteiger partial charge >= 0.3 is 12.0 Å². The second-order valence-electron chi connectivity index (χ2n) is 24.0. The molecule has 15 atom stereocenters. The summed E-state index contributed by atoms with van der Waals surface area (Å²) in [5, 5.41) is 32.7. The van der Waals surface area contributed by atoms with Gasteiger partial charge in [-0.05, 0) is 119 Å². The number of ketones is 3. The predicted molar refractivity (Wildman–Crippen MR) is 319 cm³/mol. The molecular formula is C66H88N6O13. The van der Waals surface area contributed by atoms with Gasteiger partial charge in [0.15, 0.2) is 12.4 Å². The van der Waals surface area contributed by atoms with E-state index >= 15 is 0 Å². The fraction of sp³-hybridized carbons (Fsp3) is 0.591. The molecule has 0 unspecified atom stereocenters. The van der Waals surface area contributed by atoms with E-state index in [1.807, 2.05) is 87.0 Å². The number of terminal acetylenes is 1. The lowest BCUT2D eigenvalue weighted by molar-refractivity contribution is -0.265. The predicted octanol–water partition coefficient (Wildman–Crippen LogP) is 8.79. The smallest absolute Gasteiger partial charge is 0.329 e. The zero-order chi connectivity index (χ0) is 61.5. The van der Waals surface area contributed by atoms with Crippen LogP contribution in [0.5, 0.6) is 6.01 Å². The molecule has 3 aromatic rings. The quantitative estimate of drug-likeness (QED) is 0.0789. The molecule has 1 saturated carbocycles. The third kappa shape index (κ3) is 16.5. The van der Waals surface area contributed by atoms with Gasteiger partial charge in [-0.1, -0.05) is 100 Å². The Morgan fingerprint density at radius 1 is 0.859 bits per heavy atom. The molecule has 0 spiro atoms. The van der Waals surface area contributed by atoms with E-state index in [1.54, 1.807) is 59.7 Å². The lowest BCUT2D eigenvalue weighted by atomic mass is 9.77. The van der Waals surface area contributed by atoms with Gasteiger partial charge in [0, 0.05) is 82.0 Å². The second kappa shape index (κ2) is 30.7. The number of aliphatic hydroxyl groups excluding tert-OH is 1. The van der Waals surface area contributed by atoms with Crippen molar-refractivity contribution < 1.29 is 62.6 Å². The van der Waals surface area contributed by atoms with Gasteiger partial charge in [-0.2, -0.15) is 0 Å². The number of amides is 1. The Bertz CT molecular complexity index is 2950. The monoisotopic (exact) mass is 1170 g/mol. The first-order valence-corrected chi connectivity index (χ1v) is 30.1. The Hall–Kier alpha value is -6.53. The molecule has 19 nitrogen and oxygen atoms in total. The second-order valence-corrected chi connectivity index (χ2v) is 24.0. The molecule has 4 aliphatic rings. The average Bonchev–Trinajstić information content (AvgIpc) is 4.20. The molecule has 1 amide bonds. The minimum absolute atomic E-state index is 0.00159. The Labute approximate surface area is 501 Å². The largest absolute Gasteiger partial charge is 0.460 e. The lowest BCUT2D eigenvalue weighted by Crippen LogP contribution is -2.61. The van der Waals surface area contributed by atoms with Gasteiger partial charge in [0.2, 0.25) is 5.79 Å². The summed E-state index contributed by atoms with van der Waals surface area (Å²) in [7, 11) is 4.64. The number of hydrogen-bond donors (Lipinski definition) is 2. The summed E-state index contributed by atoms with van der Waals surface area (Å²) in [6.45, 7) is 12.8. The number of esters is 1. The fourth-order valence-electron chi connectivity index (χ4n) is 12.6. The maximum Gasteiger partial charge on any atom is 0.329 e. The van der Waals surface area contributed by atoms with Gasteiger partial charge in [-0.25, -0.2) is 19.4 Å². The van der Waals surface area contributed by atoms with E-state index in [2.05, 4.69) is 26.2 Å². The number of carbonyl (C=O) groups is 5. The van der Waals surface area contributed by atoms with E-state index in [0.29, 0.717) is 63.4 Å². The van der Waals surface area contributed by atoms with Crippen LogP contribution in [0.25, 0.3) is 22.4 Å². The van der Waals surface area contributed by atoms with Crippen LogP contribution in [0, 0.1) is 47.9 Å². The van der Waals surface area contributed by atoms with Crippen molar-refractivity contribution >= 4 is 29.2 Å². The van der Waals surface area contributed by atoms with Crippen LogP contribution in [0.2, 0.25) is 0 Å².